The third-order valence-electron chi connectivity index (χ3n) is 2.41. The third kappa shape index (κ3) is 5.15. The van der Waals surface area contributed by atoms with E-state index in [0.717, 1.165) is 18.6 Å². The zero-order valence-electron chi connectivity index (χ0n) is 10.9. The topological polar surface area (TPSA) is 35.5 Å². The molecule has 0 bridgehead atoms. The molecule has 18 heavy (non-hydrogen) atoms. The maximum Gasteiger partial charge on any atom is 0.188 e. The minimum atomic E-state index is -0.0306. The van der Waals surface area contributed by atoms with Gasteiger partial charge in [-0.2, -0.15) is 0 Å². The van der Waals surface area contributed by atoms with Gasteiger partial charge in [0, 0.05) is 5.56 Å². The van der Waals surface area contributed by atoms with Crippen molar-refractivity contribution in [1.82, 2.24) is 0 Å². The van der Waals surface area contributed by atoms with E-state index in [-0.39, 0.29) is 12.4 Å². The number of hydrogen-bond donors (Lipinski definition) is 0. The van der Waals surface area contributed by atoms with Crippen molar-refractivity contribution in [2.24, 2.45) is 0 Å². The summed E-state index contributed by atoms with van der Waals surface area (Å²) in [4.78, 5) is 11.7. The van der Waals surface area contributed by atoms with Crippen molar-refractivity contribution in [3.05, 3.63) is 42.5 Å². The Morgan fingerprint density at radius 2 is 2.06 bits per heavy atom. The summed E-state index contributed by atoms with van der Waals surface area (Å²) in [5.74, 6) is 0.768. The lowest BCUT2D eigenvalue weighted by molar-refractivity contribution is 0.0806. The first-order valence-electron chi connectivity index (χ1n) is 6.22. The fraction of sp³-hybridized carbons (Fsp3) is 0.400. The van der Waals surface area contributed by atoms with Gasteiger partial charge in [-0.1, -0.05) is 19.4 Å². The van der Waals surface area contributed by atoms with Crippen LogP contribution in [0.1, 0.15) is 30.1 Å². The second kappa shape index (κ2) is 8.48. The SMILES string of the molecule is C=CCOCC(=O)c1ccc(OCCCC)cc1. The maximum absolute atomic E-state index is 11.7. The molecule has 0 aliphatic rings. The molecule has 0 saturated heterocycles. The predicted octanol–water partition coefficient (Wildman–Crippen LogP) is 3.25. The van der Waals surface area contributed by atoms with Gasteiger partial charge in [0.2, 0.25) is 0 Å². The van der Waals surface area contributed by atoms with E-state index < -0.39 is 0 Å². The lowest BCUT2D eigenvalue weighted by atomic mass is 10.1. The number of carbonyl (C=O) groups excluding carboxylic acids is 1. The highest BCUT2D eigenvalue weighted by atomic mass is 16.5. The number of benzene rings is 1. The molecule has 0 unspecified atom stereocenters. The number of hydrogen-bond acceptors (Lipinski definition) is 3. The van der Waals surface area contributed by atoms with Crippen LogP contribution >= 0.6 is 0 Å². The number of rotatable bonds is 9. The molecule has 0 amide bonds. The van der Waals surface area contributed by atoms with Gasteiger partial charge < -0.3 is 9.47 Å². The number of carbonyl (C=O) groups is 1. The molecule has 1 aromatic carbocycles. The van der Waals surface area contributed by atoms with E-state index >= 15 is 0 Å². The molecule has 0 N–H and O–H groups in total. The Bertz CT molecular complexity index is 368. The van der Waals surface area contributed by atoms with E-state index in [1.807, 2.05) is 12.1 Å². The molecule has 0 aliphatic carbocycles. The number of ether oxygens (including phenoxy) is 2. The van der Waals surface area contributed by atoms with Gasteiger partial charge in [0.1, 0.15) is 12.4 Å². The molecule has 0 radical (unpaired) electrons. The van der Waals surface area contributed by atoms with Crippen molar-refractivity contribution in [2.75, 3.05) is 19.8 Å². The Labute approximate surface area is 108 Å². The van der Waals surface area contributed by atoms with E-state index in [2.05, 4.69) is 13.5 Å². The second-order valence-corrected chi connectivity index (χ2v) is 3.95. The van der Waals surface area contributed by atoms with Crippen LogP contribution in [0.3, 0.4) is 0 Å². The first-order chi connectivity index (χ1) is 8.77. The molecule has 1 rings (SSSR count). The van der Waals surface area contributed by atoms with Crippen LogP contribution in [0.5, 0.6) is 5.75 Å². The van der Waals surface area contributed by atoms with Gasteiger partial charge in [0.15, 0.2) is 5.78 Å². The van der Waals surface area contributed by atoms with Crippen molar-refractivity contribution in [3.63, 3.8) is 0 Å². The summed E-state index contributed by atoms with van der Waals surface area (Å²) in [6, 6.07) is 7.16. The van der Waals surface area contributed by atoms with Crippen LogP contribution in [0, 0.1) is 0 Å². The molecule has 0 atom stereocenters. The number of ketones is 1. The Morgan fingerprint density at radius 1 is 1.33 bits per heavy atom. The zero-order valence-corrected chi connectivity index (χ0v) is 10.9. The third-order valence-corrected chi connectivity index (χ3v) is 2.41. The van der Waals surface area contributed by atoms with Crippen LogP contribution in [0.4, 0.5) is 0 Å². The summed E-state index contributed by atoms with van der Waals surface area (Å²) < 4.78 is 10.6. The van der Waals surface area contributed by atoms with E-state index in [1.54, 1.807) is 18.2 Å². The van der Waals surface area contributed by atoms with E-state index in [0.29, 0.717) is 18.8 Å². The molecule has 3 heteroatoms. The zero-order chi connectivity index (χ0) is 13.2. The van der Waals surface area contributed by atoms with Gasteiger partial charge in [0.05, 0.1) is 13.2 Å². The standard InChI is InChI=1S/C15H20O3/c1-3-5-11-18-14-8-6-13(7-9-14)15(16)12-17-10-4-2/h4,6-9H,2-3,5,10-12H2,1H3. The summed E-state index contributed by atoms with van der Waals surface area (Å²) >= 11 is 0. The molecule has 0 fully saturated rings. The minimum absolute atomic E-state index is 0.0306. The largest absolute Gasteiger partial charge is 0.494 e. The molecule has 0 aliphatic heterocycles. The Balaban J connectivity index is 2.43. The summed E-state index contributed by atoms with van der Waals surface area (Å²) in [5, 5.41) is 0. The van der Waals surface area contributed by atoms with Gasteiger partial charge in [-0.3, -0.25) is 4.79 Å². The lowest BCUT2D eigenvalue weighted by Crippen LogP contribution is -2.09. The number of Topliss-reactive ketones (excluding diaryl/α,β-unsaturated/α-hetero) is 1. The summed E-state index contributed by atoms with van der Waals surface area (Å²) in [5.41, 5.74) is 0.641. The fourth-order valence-electron chi connectivity index (χ4n) is 1.39. The smallest absolute Gasteiger partial charge is 0.188 e. The molecular formula is C15H20O3. The number of unbranched alkanes of at least 4 members (excludes halogenated alkanes) is 1. The van der Waals surface area contributed by atoms with Gasteiger partial charge in [-0.05, 0) is 30.7 Å². The van der Waals surface area contributed by atoms with Gasteiger partial charge in [-0.15, -0.1) is 6.58 Å². The highest BCUT2D eigenvalue weighted by Crippen LogP contribution is 2.13. The van der Waals surface area contributed by atoms with E-state index in [1.165, 1.54) is 0 Å². The van der Waals surface area contributed by atoms with Crippen LogP contribution in [0.25, 0.3) is 0 Å². The highest BCUT2D eigenvalue weighted by Gasteiger charge is 2.05. The van der Waals surface area contributed by atoms with Crippen molar-refractivity contribution < 1.29 is 14.3 Å². The molecule has 98 valence electrons. The maximum atomic E-state index is 11.7. The Hall–Kier alpha value is -1.61. The Morgan fingerprint density at radius 3 is 2.67 bits per heavy atom. The summed E-state index contributed by atoms with van der Waals surface area (Å²) in [7, 11) is 0. The second-order valence-electron chi connectivity index (χ2n) is 3.95. The lowest BCUT2D eigenvalue weighted by Gasteiger charge is -2.06. The monoisotopic (exact) mass is 248 g/mol. The average Bonchev–Trinajstić information content (AvgIpc) is 2.40. The summed E-state index contributed by atoms with van der Waals surface area (Å²) in [6.45, 7) is 6.84. The molecule has 0 spiro atoms. The fourth-order valence-corrected chi connectivity index (χ4v) is 1.39. The summed E-state index contributed by atoms with van der Waals surface area (Å²) in [6.07, 6.45) is 3.77. The van der Waals surface area contributed by atoms with E-state index in [9.17, 15) is 4.79 Å². The molecule has 0 aromatic heterocycles. The van der Waals surface area contributed by atoms with Crippen LogP contribution in [-0.4, -0.2) is 25.6 Å². The van der Waals surface area contributed by atoms with Crippen LogP contribution < -0.4 is 4.74 Å². The van der Waals surface area contributed by atoms with E-state index in [4.69, 9.17) is 9.47 Å². The van der Waals surface area contributed by atoms with Crippen LogP contribution in [0.15, 0.2) is 36.9 Å². The van der Waals surface area contributed by atoms with Crippen LogP contribution in [-0.2, 0) is 4.74 Å². The normalized spacial score (nSPS) is 10.1. The van der Waals surface area contributed by atoms with Crippen molar-refractivity contribution in [1.29, 1.82) is 0 Å². The quantitative estimate of drug-likeness (QED) is 0.382. The van der Waals surface area contributed by atoms with Crippen molar-refractivity contribution >= 4 is 5.78 Å². The minimum Gasteiger partial charge on any atom is -0.494 e. The van der Waals surface area contributed by atoms with Gasteiger partial charge in [0.25, 0.3) is 0 Å². The molecule has 3 nitrogen and oxygen atoms in total. The van der Waals surface area contributed by atoms with Crippen molar-refractivity contribution in [3.8, 4) is 5.75 Å². The van der Waals surface area contributed by atoms with Gasteiger partial charge in [-0.25, -0.2) is 0 Å². The highest BCUT2D eigenvalue weighted by molar-refractivity contribution is 5.97. The first kappa shape index (κ1) is 14.5. The molecule has 0 heterocycles. The predicted molar refractivity (Wildman–Crippen MR) is 72.2 cm³/mol. The Kier molecular flexibility index (Phi) is 6.81. The average molecular weight is 248 g/mol. The molecular weight excluding hydrogens is 228 g/mol. The van der Waals surface area contributed by atoms with Gasteiger partial charge >= 0.3 is 0 Å². The molecule has 1 aromatic rings. The van der Waals surface area contributed by atoms with Crippen LogP contribution in [0.2, 0.25) is 0 Å². The molecule has 0 saturated carbocycles. The first-order valence-corrected chi connectivity index (χ1v) is 6.22. The van der Waals surface area contributed by atoms with Crippen molar-refractivity contribution in [2.45, 2.75) is 19.8 Å².